The van der Waals surface area contributed by atoms with Crippen molar-refractivity contribution in [2.24, 2.45) is 0 Å². The SMILES string of the molecule is O=C(CCN1C(=O)/C(=C/c2cccs2)SC1=S)NC1C=CS(=O)(=O)C1. The van der Waals surface area contributed by atoms with E-state index < -0.39 is 15.9 Å². The number of nitrogens with one attached hydrogen (secondary N) is 1. The second-order valence-electron chi connectivity index (χ2n) is 5.43. The topological polar surface area (TPSA) is 83.6 Å². The standard InChI is InChI=1S/C15H14N2O4S4/c18-13(16-10-4-7-25(20,21)9-10)3-5-17-14(19)12(24-15(17)22)8-11-2-1-6-23-11/h1-2,4,6-8,10H,3,5,9H2,(H,16,18)/b12-8-. The molecule has 6 nitrogen and oxygen atoms in total. The quantitative estimate of drug-likeness (QED) is 0.584. The van der Waals surface area contributed by atoms with E-state index in [1.807, 2.05) is 17.5 Å². The van der Waals surface area contributed by atoms with Crippen LogP contribution in [0.5, 0.6) is 0 Å². The van der Waals surface area contributed by atoms with E-state index in [1.54, 1.807) is 6.08 Å². The van der Waals surface area contributed by atoms with E-state index in [0.717, 1.165) is 10.3 Å². The van der Waals surface area contributed by atoms with Crippen molar-refractivity contribution in [3.05, 3.63) is 38.8 Å². The number of rotatable bonds is 5. The average Bonchev–Trinajstić information content (AvgIpc) is 3.21. The summed E-state index contributed by atoms with van der Waals surface area (Å²) in [5.41, 5.74) is 0. The first-order valence-electron chi connectivity index (χ1n) is 7.33. The first-order valence-corrected chi connectivity index (χ1v) is 11.2. The van der Waals surface area contributed by atoms with Gasteiger partial charge >= 0.3 is 0 Å². The molecular formula is C15H14N2O4S4. The molecule has 1 saturated heterocycles. The summed E-state index contributed by atoms with van der Waals surface area (Å²) in [6.07, 6.45) is 3.30. The molecule has 1 aromatic rings. The van der Waals surface area contributed by atoms with Crippen molar-refractivity contribution in [2.75, 3.05) is 12.3 Å². The third-order valence-electron chi connectivity index (χ3n) is 3.53. The van der Waals surface area contributed by atoms with Crippen LogP contribution in [-0.4, -0.2) is 47.8 Å². The van der Waals surface area contributed by atoms with E-state index in [-0.39, 0.29) is 30.5 Å². The zero-order valence-corrected chi connectivity index (χ0v) is 16.1. The van der Waals surface area contributed by atoms with Crippen molar-refractivity contribution in [1.29, 1.82) is 0 Å². The van der Waals surface area contributed by atoms with Crippen LogP contribution in [0.3, 0.4) is 0 Å². The molecule has 0 spiro atoms. The van der Waals surface area contributed by atoms with Gasteiger partial charge < -0.3 is 5.32 Å². The van der Waals surface area contributed by atoms with E-state index >= 15 is 0 Å². The Bertz CT molecular complexity index is 871. The van der Waals surface area contributed by atoms with Gasteiger partial charge in [0.1, 0.15) is 4.32 Å². The molecule has 132 valence electrons. The highest BCUT2D eigenvalue weighted by Crippen LogP contribution is 2.33. The van der Waals surface area contributed by atoms with E-state index in [4.69, 9.17) is 12.2 Å². The fraction of sp³-hybridized carbons (Fsp3) is 0.267. The minimum absolute atomic E-state index is 0.0586. The van der Waals surface area contributed by atoms with Crippen LogP contribution in [0.25, 0.3) is 6.08 Å². The van der Waals surface area contributed by atoms with E-state index in [0.29, 0.717) is 9.23 Å². The van der Waals surface area contributed by atoms with E-state index in [2.05, 4.69) is 5.32 Å². The van der Waals surface area contributed by atoms with Crippen LogP contribution < -0.4 is 5.32 Å². The molecule has 2 aliphatic heterocycles. The van der Waals surface area contributed by atoms with Gasteiger partial charge in [-0.1, -0.05) is 30.0 Å². The Kier molecular flexibility index (Phi) is 5.42. The van der Waals surface area contributed by atoms with Crippen molar-refractivity contribution < 1.29 is 18.0 Å². The predicted molar refractivity (Wildman–Crippen MR) is 104 cm³/mol. The fourth-order valence-corrected chi connectivity index (χ4v) is 5.62. The van der Waals surface area contributed by atoms with Gasteiger partial charge in [-0.15, -0.1) is 11.3 Å². The molecule has 2 aliphatic rings. The van der Waals surface area contributed by atoms with Crippen molar-refractivity contribution in [1.82, 2.24) is 10.2 Å². The average molecular weight is 415 g/mol. The molecule has 0 bridgehead atoms. The summed E-state index contributed by atoms with van der Waals surface area (Å²) < 4.78 is 23.1. The summed E-state index contributed by atoms with van der Waals surface area (Å²) in [7, 11) is -3.21. The molecule has 0 aliphatic carbocycles. The Morgan fingerprint density at radius 3 is 2.92 bits per heavy atom. The van der Waals surface area contributed by atoms with Gasteiger partial charge in [0, 0.05) is 23.3 Å². The highest BCUT2D eigenvalue weighted by molar-refractivity contribution is 8.26. The number of hydrogen-bond acceptors (Lipinski definition) is 7. The van der Waals surface area contributed by atoms with Crippen molar-refractivity contribution >= 4 is 67.4 Å². The van der Waals surface area contributed by atoms with Crippen molar-refractivity contribution in [3.63, 3.8) is 0 Å². The lowest BCUT2D eigenvalue weighted by molar-refractivity contribution is -0.124. The molecule has 1 atom stereocenters. The molecule has 3 rings (SSSR count). The number of amides is 2. The van der Waals surface area contributed by atoms with Crippen LogP contribution >= 0.6 is 35.3 Å². The second kappa shape index (κ2) is 7.40. The maximum atomic E-state index is 12.4. The Hall–Kier alpha value is -1.49. The van der Waals surface area contributed by atoms with E-state index in [1.165, 1.54) is 34.1 Å². The van der Waals surface area contributed by atoms with Gasteiger partial charge in [0.25, 0.3) is 5.91 Å². The minimum atomic E-state index is -3.21. The third-order valence-corrected chi connectivity index (χ3v) is 7.12. The maximum Gasteiger partial charge on any atom is 0.266 e. The lowest BCUT2D eigenvalue weighted by Gasteiger charge is -2.15. The van der Waals surface area contributed by atoms with E-state index in [9.17, 15) is 18.0 Å². The van der Waals surface area contributed by atoms with Gasteiger partial charge in [0.05, 0.1) is 16.7 Å². The summed E-state index contributed by atoms with van der Waals surface area (Å²) in [6.45, 7) is 0.168. The Morgan fingerprint density at radius 1 is 1.48 bits per heavy atom. The Labute approximate surface area is 158 Å². The summed E-state index contributed by atoms with van der Waals surface area (Å²) in [6, 6.07) is 3.30. The molecule has 0 saturated carbocycles. The monoisotopic (exact) mass is 414 g/mol. The predicted octanol–water partition coefficient (Wildman–Crippen LogP) is 1.77. The smallest absolute Gasteiger partial charge is 0.266 e. The highest BCUT2D eigenvalue weighted by Gasteiger charge is 2.32. The number of thiocarbonyl (C=S) groups is 1. The molecule has 0 radical (unpaired) electrons. The third kappa shape index (κ3) is 4.57. The number of thiophene rings is 1. The molecule has 1 unspecified atom stereocenters. The van der Waals surface area contributed by atoms with Crippen molar-refractivity contribution in [2.45, 2.75) is 12.5 Å². The Balaban J connectivity index is 1.54. The Morgan fingerprint density at radius 2 is 2.28 bits per heavy atom. The highest BCUT2D eigenvalue weighted by atomic mass is 32.2. The van der Waals surface area contributed by atoms with Gasteiger partial charge in [-0.25, -0.2) is 8.42 Å². The summed E-state index contributed by atoms with van der Waals surface area (Å²) >= 11 is 7.97. The molecular weight excluding hydrogens is 400 g/mol. The van der Waals surface area contributed by atoms with Crippen LogP contribution in [0.2, 0.25) is 0 Å². The normalized spacial score (nSPS) is 23.6. The first kappa shape index (κ1) is 18.3. The number of carbonyl (C=O) groups excluding carboxylic acids is 2. The minimum Gasteiger partial charge on any atom is -0.349 e. The van der Waals surface area contributed by atoms with Gasteiger partial charge in [0.15, 0.2) is 9.84 Å². The first-order chi connectivity index (χ1) is 11.8. The van der Waals surface area contributed by atoms with Crippen LogP contribution in [0, 0.1) is 0 Å². The van der Waals surface area contributed by atoms with Gasteiger partial charge in [-0.05, 0) is 23.6 Å². The van der Waals surface area contributed by atoms with Crippen LogP contribution in [0.15, 0.2) is 33.9 Å². The van der Waals surface area contributed by atoms with Gasteiger partial charge in [-0.3, -0.25) is 14.5 Å². The van der Waals surface area contributed by atoms with Gasteiger partial charge in [-0.2, -0.15) is 0 Å². The summed E-state index contributed by atoms with van der Waals surface area (Å²) in [5, 5.41) is 5.66. The van der Waals surface area contributed by atoms with Gasteiger partial charge in [0.2, 0.25) is 5.91 Å². The summed E-state index contributed by atoms with van der Waals surface area (Å²) in [5.74, 6) is -0.647. The lowest BCUT2D eigenvalue weighted by Crippen LogP contribution is -2.38. The molecule has 1 fully saturated rings. The zero-order chi connectivity index (χ0) is 18.0. The molecule has 10 heteroatoms. The molecule has 2 amide bonds. The molecule has 1 N–H and O–H groups in total. The number of sulfone groups is 1. The summed E-state index contributed by atoms with van der Waals surface area (Å²) in [4.78, 5) is 27.3. The lowest BCUT2D eigenvalue weighted by atomic mass is 10.3. The van der Waals surface area contributed by atoms with Crippen LogP contribution in [0.4, 0.5) is 0 Å². The molecule has 25 heavy (non-hydrogen) atoms. The number of nitrogens with zero attached hydrogens (tertiary/aromatic N) is 1. The maximum absolute atomic E-state index is 12.4. The van der Waals surface area contributed by atoms with Crippen molar-refractivity contribution in [3.8, 4) is 0 Å². The van der Waals surface area contributed by atoms with Crippen LogP contribution in [-0.2, 0) is 19.4 Å². The zero-order valence-electron chi connectivity index (χ0n) is 12.9. The molecule has 1 aromatic heterocycles. The second-order valence-corrected chi connectivity index (χ2v) is 10.0. The fourth-order valence-electron chi connectivity index (χ4n) is 2.35. The molecule has 3 heterocycles. The largest absolute Gasteiger partial charge is 0.349 e. The number of thioether (sulfide) groups is 1. The number of carbonyl (C=O) groups is 2. The van der Waals surface area contributed by atoms with Crippen LogP contribution in [0.1, 0.15) is 11.3 Å². The number of hydrogen-bond donors (Lipinski definition) is 1. The molecule has 0 aromatic carbocycles.